The van der Waals surface area contributed by atoms with E-state index in [1.807, 2.05) is 54.6 Å². The predicted octanol–water partition coefficient (Wildman–Crippen LogP) is 6.51. The molecule has 0 saturated heterocycles. The molecule has 7 heteroatoms. The number of halogens is 1. The number of hydrogen-bond donors (Lipinski definition) is 3. The Hall–Kier alpha value is -4.78. The summed E-state index contributed by atoms with van der Waals surface area (Å²) < 4.78 is 13.8. The molecule has 5 aromatic rings. The summed E-state index contributed by atoms with van der Waals surface area (Å²) in [7, 11) is 0. The second-order valence-electron chi connectivity index (χ2n) is 7.60. The minimum Gasteiger partial charge on any atom is -0.355 e. The SMILES string of the molecule is O=C(Nc1cccc(Nc2ccccc2)c1)c1ccnc(Nc2ccnc3ccc(F)cc23)c1. The number of nitrogens with one attached hydrogen (secondary N) is 3. The summed E-state index contributed by atoms with van der Waals surface area (Å²) in [4.78, 5) is 21.5. The lowest BCUT2D eigenvalue weighted by atomic mass is 10.1. The molecule has 0 aliphatic carbocycles. The lowest BCUT2D eigenvalue weighted by Crippen LogP contribution is -2.12. The van der Waals surface area contributed by atoms with Crippen molar-refractivity contribution in [3.05, 3.63) is 115 Å². The molecular weight excluding hydrogens is 429 g/mol. The van der Waals surface area contributed by atoms with Crippen molar-refractivity contribution in [3.63, 3.8) is 0 Å². The molecule has 1 amide bonds. The van der Waals surface area contributed by atoms with Crippen molar-refractivity contribution >= 4 is 45.4 Å². The molecule has 5 rings (SSSR count). The standard InChI is InChI=1S/C27H20FN5O/c28-19-9-10-24-23(16-19)25(12-14-29-24)33-26-15-18(11-13-30-26)27(34)32-22-8-4-7-21(17-22)31-20-5-2-1-3-6-20/h1-17,31H,(H,32,34)(H,29,30,33). The molecule has 0 aliphatic rings. The van der Waals surface area contributed by atoms with Crippen LogP contribution in [0.5, 0.6) is 0 Å². The molecule has 0 radical (unpaired) electrons. The molecule has 0 bridgehead atoms. The van der Waals surface area contributed by atoms with E-state index < -0.39 is 0 Å². The quantitative estimate of drug-likeness (QED) is 0.275. The smallest absolute Gasteiger partial charge is 0.255 e. The van der Waals surface area contributed by atoms with E-state index in [0.29, 0.717) is 33.7 Å². The maximum absolute atomic E-state index is 13.8. The number of nitrogens with zero attached hydrogens (tertiary/aromatic N) is 2. The van der Waals surface area contributed by atoms with Crippen molar-refractivity contribution in [2.45, 2.75) is 0 Å². The predicted molar refractivity (Wildman–Crippen MR) is 133 cm³/mol. The maximum atomic E-state index is 13.8. The summed E-state index contributed by atoms with van der Waals surface area (Å²) in [5.74, 6) is -0.162. The zero-order valence-corrected chi connectivity index (χ0v) is 18.0. The van der Waals surface area contributed by atoms with Crippen LogP contribution in [0.1, 0.15) is 10.4 Å². The Morgan fingerprint density at radius 2 is 1.50 bits per heavy atom. The number of hydrogen-bond acceptors (Lipinski definition) is 5. The van der Waals surface area contributed by atoms with Gasteiger partial charge in [-0.25, -0.2) is 9.37 Å². The largest absolute Gasteiger partial charge is 0.355 e. The highest BCUT2D eigenvalue weighted by molar-refractivity contribution is 6.05. The van der Waals surface area contributed by atoms with Gasteiger partial charge < -0.3 is 16.0 Å². The average molecular weight is 449 g/mol. The number of rotatable bonds is 6. The highest BCUT2D eigenvalue weighted by atomic mass is 19.1. The normalized spacial score (nSPS) is 10.6. The molecule has 166 valence electrons. The van der Waals surface area contributed by atoms with Crippen molar-refractivity contribution in [3.8, 4) is 0 Å². The van der Waals surface area contributed by atoms with Gasteiger partial charge in [-0.15, -0.1) is 0 Å². The summed E-state index contributed by atoms with van der Waals surface area (Å²) in [6.07, 6.45) is 3.18. The van der Waals surface area contributed by atoms with Gasteiger partial charge in [0.1, 0.15) is 11.6 Å². The molecule has 0 unspecified atom stereocenters. The summed E-state index contributed by atoms with van der Waals surface area (Å²) >= 11 is 0. The molecular formula is C27H20FN5O. The second-order valence-corrected chi connectivity index (χ2v) is 7.60. The molecule has 34 heavy (non-hydrogen) atoms. The van der Waals surface area contributed by atoms with Crippen molar-refractivity contribution in [1.82, 2.24) is 9.97 Å². The first-order chi connectivity index (χ1) is 16.6. The number of para-hydroxylation sites is 1. The van der Waals surface area contributed by atoms with Crippen LogP contribution in [-0.2, 0) is 0 Å². The third kappa shape index (κ3) is 4.83. The minimum absolute atomic E-state index is 0.270. The summed E-state index contributed by atoms with van der Waals surface area (Å²) in [5.41, 5.74) is 4.21. The van der Waals surface area contributed by atoms with Crippen LogP contribution in [-0.4, -0.2) is 15.9 Å². The highest BCUT2D eigenvalue weighted by Crippen LogP contribution is 2.26. The van der Waals surface area contributed by atoms with Gasteiger partial charge in [0, 0.05) is 40.4 Å². The van der Waals surface area contributed by atoms with Gasteiger partial charge in [-0.3, -0.25) is 9.78 Å². The number of pyridine rings is 2. The van der Waals surface area contributed by atoms with Crippen molar-refractivity contribution in [2.75, 3.05) is 16.0 Å². The average Bonchev–Trinajstić information content (AvgIpc) is 2.85. The van der Waals surface area contributed by atoms with Crippen LogP contribution in [0.2, 0.25) is 0 Å². The first kappa shape index (κ1) is 21.1. The van der Waals surface area contributed by atoms with Crippen LogP contribution >= 0.6 is 0 Å². The van der Waals surface area contributed by atoms with Gasteiger partial charge in [-0.1, -0.05) is 24.3 Å². The van der Waals surface area contributed by atoms with Gasteiger partial charge in [-0.2, -0.15) is 0 Å². The second kappa shape index (κ2) is 9.38. The molecule has 3 N–H and O–H groups in total. The molecule has 0 atom stereocenters. The molecule has 0 saturated carbocycles. The van der Waals surface area contributed by atoms with E-state index in [0.717, 1.165) is 11.4 Å². The van der Waals surface area contributed by atoms with Crippen LogP contribution in [0.15, 0.2) is 103 Å². The first-order valence-corrected chi connectivity index (χ1v) is 10.6. The molecule has 2 aromatic heterocycles. The Balaban J connectivity index is 1.33. The number of carbonyl (C=O) groups excluding carboxylic acids is 1. The van der Waals surface area contributed by atoms with E-state index in [2.05, 4.69) is 25.9 Å². The molecule has 0 spiro atoms. The van der Waals surface area contributed by atoms with Crippen LogP contribution in [0.4, 0.5) is 33.0 Å². The van der Waals surface area contributed by atoms with E-state index in [-0.39, 0.29) is 11.7 Å². The van der Waals surface area contributed by atoms with Crippen LogP contribution in [0, 0.1) is 5.82 Å². The molecule has 6 nitrogen and oxygen atoms in total. The van der Waals surface area contributed by atoms with Crippen molar-refractivity contribution in [1.29, 1.82) is 0 Å². The van der Waals surface area contributed by atoms with Gasteiger partial charge in [-0.05, 0) is 66.7 Å². The van der Waals surface area contributed by atoms with E-state index in [4.69, 9.17) is 0 Å². The van der Waals surface area contributed by atoms with Crippen LogP contribution < -0.4 is 16.0 Å². The number of carbonyl (C=O) groups is 1. The number of benzene rings is 3. The maximum Gasteiger partial charge on any atom is 0.255 e. The van der Waals surface area contributed by atoms with Crippen LogP contribution in [0.3, 0.4) is 0 Å². The topological polar surface area (TPSA) is 78.9 Å². The number of aromatic nitrogens is 2. The lowest BCUT2D eigenvalue weighted by molar-refractivity contribution is 0.102. The fourth-order valence-electron chi connectivity index (χ4n) is 3.57. The summed E-state index contributed by atoms with van der Waals surface area (Å²) in [5, 5.41) is 10.0. The van der Waals surface area contributed by atoms with Crippen LogP contribution in [0.25, 0.3) is 10.9 Å². The Morgan fingerprint density at radius 3 is 2.38 bits per heavy atom. The monoisotopic (exact) mass is 449 g/mol. The first-order valence-electron chi connectivity index (χ1n) is 10.6. The van der Waals surface area contributed by atoms with Crippen molar-refractivity contribution < 1.29 is 9.18 Å². The third-order valence-corrected chi connectivity index (χ3v) is 5.17. The van der Waals surface area contributed by atoms with Gasteiger partial charge in [0.2, 0.25) is 0 Å². The molecule has 0 fully saturated rings. The fourth-order valence-corrected chi connectivity index (χ4v) is 3.57. The van der Waals surface area contributed by atoms with E-state index in [9.17, 15) is 9.18 Å². The Kier molecular flexibility index (Phi) is 5.82. The molecule has 3 aromatic carbocycles. The fraction of sp³-hybridized carbons (Fsp3) is 0. The van der Waals surface area contributed by atoms with Crippen molar-refractivity contribution in [2.24, 2.45) is 0 Å². The Morgan fingerprint density at radius 1 is 0.706 bits per heavy atom. The van der Waals surface area contributed by atoms with E-state index >= 15 is 0 Å². The lowest BCUT2D eigenvalue weighted by Gasteiger charge is -2.11. The number of anilines is 5. The zero-order valence-electron chi connectivity index (χ0n) is 18.0. The number of fused-ring (bicyclic) bond motifs is 1. The van der Waals surface area contributed by atoms with E-state index in [1.54, 1.807) is 36.7 Å². The Labute approximate surface area is 195 Å². The summed E-state index contributed by atoms with van der Waals surface area (Å²) in [6.45, 7) is 0. The van der Waals surface area contributed by atoms with Gasteiger partial charge in [0.05, 0.1) is 11.2 Å². The Bertz CT molecular complexity index is 1470. The minimum atomic E-state index is -0.353. The van der Waals surface area contributed by atoms with Gasteiger partial charge in [0.15, 0.2) is 0 Å². The number of amides is 1. The van der Waals surface area contributed by atoms with E-state index in [1.165, 1.54) is 12.1 Å². The summed E-state index contributed by atoms with van der Waals surface area (Å²) in [6, 6.07) is 26.7. The molecule has 2 heterocycles. The third-order valence-electron chi connectivity index (χ3n) is 5.17. The van der Waals surface area contributed by atoms with Gasteiger partial charge >= 0.3 is 0 Å². The highest BCUT2D eigenvalue weighted by Gasteiger charge is 2.10. The zero-order chi connectivity index (χ0) is 23.3. The molecule has 0 aliphatic heterocycles. The van der Waals surface area contributed by atoms with Gasteiger partial charge in [0.25, 0.3) is 5.91 Å².